The molecule has 112 valence electrons. The first-order valence-electron chi connectivity index (χ1n) is 8.52. The summed E-state index contributed by atoms with van der Waals surface area (Å²) >= 11 is 0. The molecule has 2 fully saturated rings. The fourth-order valence-electron chi connectivity index (χ4n) is 4.06. The SMILES string of the molecule is CCCNC(CC(C)C)C1CCOC2(CCCC2)C1. The first kappa shape index (κ1) is 15.3. The molecule has 2 nitrogen and oxygen atoms in total. The zero-order valence-electron chi connectivity index (χ0n) is 13.2. The van der Waals surface area contributed by atoms with Crippen molar-refractivity contribution in [2.45, 2.75) is 83.8 Å². The summed E-state index contributed by atoms with van der Waals surface area (Å²) in [4.78, 5) is 0. The lowest BCUT2D eigenvalue weighted by molar-refractivity contribution is -0.0987. The molecule has 0 amide bonds. The zero-order valence-corrected chi connectivity index (χ0v) is 13.2. The Morgan fingerprint density at radius 3 is 2.63 bits per heavy atom. The van der Waals surface area contributed by atoms with E-state index in [4.69, 9.17) is 4.74 Å². The molecular formula is C17H33NO. The molecule has 1 aliphatic heterocycles. The van der Waals surface area contributed by atoms with Crippen LogP contribution < -0.4 is 5.32 Å². The van der Waals surface area contributed by atoms with Gasteiger partial charge in [0.15, 0.2) is 0 Å². The van der Waals surface area contributed by atoms with Crippen LogP contribution in [0.5, 0.6) is 0 Å². The molecule has 0 aromatic carbocycles. The van der Waals surface area contributed by atoms with E-state index < -0.39 is 0 Å². The molecule has 1 spiro atoms. The number of hydrogen-bond acceptors (Lipinski definition) is 2. The number of ether oxygens (including phenoxy) is 1. The highest BCUT2D eigenvalue weighted by atomic mass is 16.5. The van der Waals surface area contributed by atoms with Gasteiger partial charge in [-0.05, 0) is 56.9 Å². The van der Waals surface area contributed by atoms with Crippen LogP contribution in [-0.4, -0.2) is 24.8 Å². The number of nitrogens with one attached hydrogen (secondary N) is 1. The van der Waals surface area contributed by atoms with Crippen LogP contribution >= 0.6 is 0 Å². The van der Waals surface area contributed by atoms with Gasteiger partial charge in [0.2, 0.25) is 0 Å². The molecule has 1 saturated heterocycles. The third kappa shape index (κ3) is 4.19. The van der Waals surface area contributed by atoms with Crippen molar-refractivity contribution in [3.63, 3.8) is 0 Å². The summed E-state index contributed by atoms with van der Waals surface area (Å²) in [6.07, 6.45) is 10.5. The predicted octanol–water partition coefficient (Wildman–Crippen LogP) is 4.14. The Labute approximate surface area is 119 Å². The molecule has 1 saturated carbocycles. The van der Waals surface area contributed by atoms with Gasteiger partial charge >= 0.3 is 0 Å². The smallest absolute Gasteiger partial charge is 0.0685 e. The van der Waals surface area contributed by atoms with Gasteiger partial charge in [-0.1, -0.05) is 33.6 Å². The average molecular weight is 267 g/mol. The Morgan fingerprint density at radius 2 is 2.00 bits per heavy atom. The van der Waals surface area contributed by atoms with Gasteiger partial charge in [-0.3, -0.25) is 0 Å². The van der Waals surface area contributed by atoms with E-state index in [1.807, 2.05) is 0 Å². The Kier molecular flexibility index (Phi) is 5.70. The molecule has 1 aliphatic carbocycles. The summed E-state index contributed by atoms with van der Waals surface area (Å²) in [5.41, 5.74) is 0.270. The first-order valence-corrected chi connectivity index (χ1v) is 8.52. The molecule has 2 atom stereocenters. The van der Waals surface area contributed by atoms with Gasteiger partial charge in [0.25, 0.3) is 0 Å². The minimum Gasteiger partial charge on any atom is -0.375 e. The summed E-state index contributed by atoms with van der Waals surface area (Å²) in [5.74, 6) is 1.62. The van der Waals surface area contributed by atoms with E-state index in [2.05, 4.69) is 26.1 Å². The highest BCUT2D eigenvalue weighted by Crippen LogP contribution is 2.43. The quantitative estimate of drug-likeness (QED) is 0.781. The minimum atomic E-state index is 0.270. The predicted molar refractivity (Wildman–Crippen MR) is 81.4 cm³/mol. The van der Waals surface area contributed by atoms with Crippen LogP contribution in [-0.2, 0) is 4.74 Å². The molecule has 2 unspecified atom stereocenters. The molecule has 0 aromatic heterocycles. The number of rotatable bonds is 6. The van der Waals surface area contributed by atoms with Crippen molar-refractivity contribution >= 4 is 0 Å². The molecule has 1 N–H and O–H groups in total. The molecule has 0 aromatic rings. The van der Waals surface area contributed by atoms with E-state index in [9.17, 15) is 0 Å². The monoisotopic (exact) mass is 267 g/mol. The van der Waals surface area contributed by atoms with Gasteiger partial charge in [0, 0.05) is 12.6 Å². The molecule has 2 rings (SSSR count). The van der Waals surface area contributed by atoms with Crippen molar-refractivity contribution in [3.05, 3.63) is 0 Å². The maximum absolute atomic E-state index is 6.19. The Balaban J connectivity index is 1.94. The van der Waals surface area contributed by atoms with Gasteiger partial charge < -0.3 is 10.1 Å². The third-order valence-electron chi connectivity index (χ3n) is 5.00. The zero-order chi connectivity index (χ0) is 13.7. The van der Waals surface area contributed by atoms with Crippen molar-refractivity contribution in [2.75, 3.05) is 13.2 Å². The fraction of sp³-hybridized carbons (Fsp3) is 1.00. The van der Waals surface area contributed by atoms with E-state index in [0.717, 1.165) is 18.4 Å². The van der Waals surface area contributed by atoms with Crippen LogP contribution in [0.15, 0.2) is 0 Å². The molecule has 0 radical (unpaired) electrons. The second-order valence-electron chi connectivity index (χ2n) is 7.18. The number of hydrogen-bond donors (Lipinski definition) is 1. The van der Waals surface area contributed by atoms with Gasteiger partial charge in [-0.2, -0.15) is 0 Å². The van der Waals surface area contributed by atoms with E-state index in [0.29, 0.717) is 6.04 Å². The van der Waals surface area contributed by atoms with Crippen LogP contribution in [0.2, 0.25) is 0 Å². The van der Waals surface area contributed by atoms with Crippen LogP contribution in [0.1, 0.15) is 72.1 Å². The van der Waals surface area contributed by atoms with E-state index in [1.54, 1.807) is 0 Å². The Hall–Kier alpha value is -0.0800. The van der Waals surface area contributed by atoms with Gasteiger partial charge in [0.1, 0.15) is 0 Å². The average Bonchev–Trinajstić information content (AvgIpc) is 2.82. The Morgan fingerprint density at radius 1 is 1.26 bits per heavy atom. The van der Waals surface area contributed by atoms with Gasteiger partial charge in [-0.25, -0.2) is 0 Å². The van der Waals surface area contributed by atoms with E-state index >= 15 is 0 Å². The highest BCUT2D eigenvalue weighted by molar-refractivity contribution is 4.94. The molecule has 19 heavy (non-hydrogen) atoms. The summed E-state index contributed by atoms with van der Waals surface area (Å²) in [6.45, 7) is 9.13. The van der Waals surface area contributed by atoms with Crippen molar-refractivity contribution in [3.8, 4) is 0 Å². The summed E-state index contributed by atoms with van der Waals surface area (Å²) in [5, 5.41) is 3.82. The van der Waals surface area contributed by atoms with E-state index in [-0.39, 0.29) is 5.60 Å². The van der Waals surface area contributed by atoms with Crippen molar-refractivity contribution < 1.29 is 4.74 Å². The second-order valence-corrected chi connectivity index (χ2v) is 7.18. The Bertz CT molecular complexity index is 258. The van der Waals surface area contributed by atoms with Gasteiger partial charge in [0.05, 0.1) is 5.60 Å². The van der Waals surface area contributed by atoms with Crippen LogP contribution in [0.3, 0.4) is 0 Å². The maximum Gasteiger partial charge on any atom is 0.0685 e. The van der Waals surface area contributed by atoms with Crippen LogP contribution in [0, 0.1) is 11.8 Å². The molecular weight excluding hydrogens is 234 g/mol. The largest absolute Gasteiger partial charge is 0.375 e. The van der Waals surface area contributed by atoms with Gasteiger partial charge in [-0.15, -0.1) is 0 Å². The maximum atomic E-state index is 6.19. The van der Waals surface area contributed by atoms with Crippen molar-refractivity contribution in [2.24, 2.45) is 11.8 Å². The first-order chi connectivity index (χ1) is 9.15. The lowest BCUT2D eigenvalue weighted by Crippen LogP contribution is -2.46. The third-order valence-corrected chi connectivity index (χ3v) is 5.00. The summed E-state index contributed by atoms with van der Waals surface area (Å²) in [6, 6.07) is 0.710. The minimum absolute atomic E-state index is 0.270. The van der Waals surface area contributed by atoms with Crippen molar-refractivity contribution in [1.82, 2.24) is 5.32 Å². The van der Waals surface area contributed by atoms with E-state index in [1.165, 1.54) is 57.9 Å². The molecule has 2 heteroatoms. The highest BCUT2D eigenvalue weighted by Gasteiger charge is 2.41. The topological polar surface area (TPSA) is 21.3 Å². The van der Waals surface area contributed by atoms with Crippen molar-refractivity contribution in [1.29, 1.82) is 0 Å². The lowest BCUT2D eigenvalue weighted by Gasteiger charge is -2.42. The van der Waals surface area contributed by atoms with Crippen LogP contribution in [0.4, 0.5) is 0 Å². The molecule has 2 aliphatic rings. The second kappa shape index (κ2) is 7.08. The fourth-order valence-corrected chi connectivity index (χ4v) is 4.06. The standard InChI is InChI=1S/C17H33NO/c1-4-10-18-16(12-14(2)3)15-7-11-19-17(13-15)8-5-6-9-17/h14-16,18H,4-13H2,1-3H3. The lowest BCUT2D eigenvalue weighted by atomic mass is 9.78. The normalized spacial score (nSPS) is 28.1. The van der Waals surface area contributed by atoms with Crippen LogP contribution in [0.25, 0.3) is 0 Å². The summed E-state index contributed by atoms with van der Waals surface area (Å²) in [7, 11) is 0. The summed E-state index contributed by atoms with van der Waals surface area (Å²) < 4.78 is 6.19. The molecule has 1 heterocycles. The molecule has 0 bridgehead atoms.